The molecule has 0 bridgehead atoms. The van der Waals surface area contributed by atoms with Crippen LogP contribution < -0.4 is 10.9 Å². The molecule has 0 radical (unpaired) electrons. The van der Waals surface area contributed by atoms with Gasteiger partial charge < -0.3 is 15.0 Å². The predicted molar refractivity (Wildman–Crippen MR) is 63.4 cm³/mol. The number of aliphatic hydroxyl groups is 1. The summed E-state index contributed by atoms with van der Waals surface area (Å²) in [6.07, 6.45) is 3.81. The van der Waals surface area contributed by atoms with E-state index in [4.69, 9.17) is 5.11 Å². The average Bonchev–Trinajstić information content (AvgIpc) is 2.23. The zero-order valence-corrected chi connectivity index (χ0v) is 9.97. The summed E-state index contributed by atoms with van der Waals surface area (Å²) in [5.41, 5.74) is -0.147. The van der Waals surface area contributed by atoms with Gasteiger partial charge in [0.05, 0.1) is 0 Å². The van der Waals surface area contributed by atoms with Crippen LogP contribution in [0.5, 0.6) is 0 Å². The molecule has 1 atom stereocenters. The number of rotatable bonds is 5. The molecule has 16 heavy (non-hydrogen) atoms. The van der Waals surface area contributed by atoms with Gasteiger partial charge in [0.2, 0.25) is 0 Å². The van der Waals surface area contributed by atoms with Crippen molar-refractivity contribution < 1.29 is 5.11 Å². The highest BCUT2D eigenvalue weighted by molar-refractivity contribution is 5.32. The van der Waals surface area contributed by atoms with Crippen LogP contribution in [-0.2, 0) is 7.05 Å². The van der Waals surface area contributed by atoms with Gasteiger partial charge in [-0.2, -0.15) is 0 Å². The Labute approximate surface area is 95.1 Å². The van der Waals surface area contributed by atoms with Gasteiger partial charge in [-0.1, -0.05) is 13.8 Å². The van der Waals surface area contributed by atoms with Crippen LogP contribution in [0.4, 0.5) is 5.82 Å². The van der Waals surface area contributed by atoms with E-state index in [1.165, 1.54) is 4.57 Å². The van der Waals surface area contributed by atoms with Crippen molar-refractivity contribution in [2.45, 2.75) is 26.3 Å². The van der Waals surface area contributed by atoms with E-state index in [1.807, 2.05) is 13.8 Å². The van der Waals surface area contributed by atoms with Crippen molar-refractivity contribution in [3.8, 4) is 0 Å². The summed E-state index contributed by atoms with van der Waals surface area (Å²) < 4.78 is 1.48. The van der Waals surface area contributed by atoms with E-state index >= 15 is 0 Å². The highest BCUT2D eigenvalue weighted by atomic mass is 16.3. The maximum absolute atomic E-state index is 11.7. The first-order chi connectivity index (χ1) is 7.56. The van der Waals surface area contributed by atoms with Crippen LogP contribution in [0.25, 0.3) is 0 Å². The molecular formula is C11H19N3O2. The normalized spacial score (nSPS) is 12.8. The Hall–Kier alpha value is -1.36. The van der Waals surface area contributed by atoms with Crippen LogP contribution in [0.15, 0.2) is 17.2 Å². The Morgan fingerprint density at radius 3 is 2.81 bits per heavy atom. The summed E-state index contributed by atoms with van der Waals surface area (Å²) in [5.74, 6) is 0.677. The molecular weight excluding hydrogens is 206 g/mol. The molecule has 1 aromatic rings. The van der Waals surface area contributed by atoms with E-state index in [9.17, 15) is 4.79 Å². The molecule has 0 spiro atoms. The zero-order chi connectivity index (χ0) is 12.1. The summed E-state index contributed by atoms with van der Waals surface area (Å²) in [7, 11) is 1.69. The Morgan fingerprint density at radius 1 is 1.56 bits per heavy atom. The summed E-state index contributed by atoms with van der Waals surface area (Å²) in [6, 6.07) is 0.0626. The van der Waals surface area contributed by atoms with Crippen molar-refractivity contribution in [1.82, 2.24) is 9.55 Å². The Bertz CT molecular complexity index is 387. The van der Waals surface area contributed by atoms with Crippen molar-refractivity contribution in [3.63, 3.8) is 0 Å². The number of aryl methyl sites for hydroxylation is 1. The lowest BCUT2D eigenvalue weighted by atomic mass is 10.0. The molecule has 90 valence electrons. The fourth-order valence-corrected chi connectivity index (χ4v) is 1.48. The summed E-state index contributed by atoms with van der Waals surface area (Å²) in [5, 5.41) is 12.0. The smallest absolute Gasteiger partial charge is 0.293 e. The molecule has 1 aromatic heterocycles. The summed E-state index contributed by atoms with van der Waals surface area (Å²) >= 11 is 0. The van der Waals surface area contributed by atoms with Crippen LogP contribution >= 0.6 is 0 Å². The molecule has 1 rings (SSSR count). The van der Waals surface area contributed by atoms with Crippen LogP contribution in [0.3, 0.4) is 0 Å². The third kappa shape index (κ3) is 3.06. The van der Waals surface area contributed by atoms with Crippen LogP contribution in [0.1, 0.15) is 20.3 Å². The molecule has 0 saturated carbocycles. The van der Waals surface area contributed by atoms with Gasteiger partial charge in [-0.15, -0.1) is 0 Å². The maximum Gasteiger partial charge on any atom is 0.293 e. The largest absolute Gasteiger partial charge is 0.396 e. The highest BCUT2D eigenvalue weighted by Crippen LogP contribution is 2.10. The maximum atomic E-state index is 11.7. The topological polar surface area (TPSA) is 67.2 Å². The van der Waals surface area contributed by atoms with Crippen molar-refractivity contribution in [3.05, 3.63) is 22.7 Å². The first-order valence-electron chi connectivity index (χ1n) is 5.45. The number of aromatic nitrogens is 2. The Morgan fingerprint density at radius 2 is 2.25 bits per heavy atom. The number of hydrogen-bond donors (Lipinski definition) is 2. The third-order valence-electron chi connectivity index (χ3n) is 2.58. The SMILES string of the molecule is CC(C)C(CCO)Nc1nccn(C)c1=O. The summed E-state index contributed by atoms with van der Waals surface area (Å²) in [4.78, 5) is 15.7. The molecule has 0 saturated heterocycles. The first-order valence-corrected chi connectivity index (χ1v) is 5.45. The molecule has 0 aliphatic rings. The van der Waals surface area contributed by atoms with Crippen molar-refractivity contribution >= 4 is 5.82 Å². The zero-order valence-electron chi connectivity index (χ0n) is 9.97. The van der Waals surface area contributed by atoms with E-state index in [0.717, 1.165) is 0 Å². The van der Waals surface area contributed by atoms with Crippen molar-refractivity contribution in [2.75, 3.05) is 11.9 Å². The van der Waals surface area contributed by atoms with Gasteiger partial charge in [-0.25, -0.2) is 4.98 Å². The predicted octanol–water partition coefficient (Wildman–Crippen LogP) is 0.599. The van der Waals surface area contributed by atoms with Crippen LogP contribution in [0, 0.1) is 5.92 Å². The molecule has 5 heteroatoms. The minimum Gasteiger partial charge on any atom is -0.396 e. The van der Waals surface area contributed by atoms with Crippen molar-refractivity contribution in [1.29, 1.82) is 0 Å². The standard InChI is InChI=1S/C11H19N3O2/c1-8(2)9(4-7-15)13-10-11(16)14(3)6-5-12-10/h5-6,8-9,15H,4,7H2,1-3H3,(H,12,13). The fourth-order valence-electron chi connectivity index (χ4n) is 1.48. The minimum absolute atomic E-state index is 0.0626. The van der Waals surface area contributed by atoms with E-state index in [-0.39, 0.29) is 18.2 Å². The molecule has 2 N–H and O–H groups in total. The molecule has 1 heterocycles. The molecule has 0 fully saturated rings. The lowest BCUT2D eigenvalue weighted by Crippen LogP contribution is -2.32. The monoisotopic (exact) mass is 225 g/mol. The molecule has 0 aliphatic heterocycles. The second-order valence-corrected chi connectivity index (χ2v) is 4.20. The lowest BCUT2D eigenvalue weighted by molar-refractivity contribution is 0.267. The Kier molecular flexibility index (Phi) is 4.49. The van der Waals surface area contributed by atoms with E-state index in [0.29, 0.717) is 18.2 Å². The number of nitrogens with zero attached hydrogens (tertiary/aromatic N) is 2. The Balaban J connectivity index is 2.85. The minimum atomic E-state index is -0.147. The van der Waals surface area contributed by atoms with Gasteiger partial charge in [0.15, 0.2) is 5.82 Å². The summed E-state index contributed by atoms with van der Waals surface area (Å²) in [6.45, 7) is 4.19. The van der Waals surface area contributed by atoms with Crippen molar-refractivity contribution in [2.24, 2.45) is 13.0 Å². The number of hydrogen-bond acceptors (Lipinski definition) is 4. The molecule has 1 unspecified atom stereocenters. The highest BCUT2D eigenvalue weighted by Gasteiger charge is 2.14. The van der Waals surface area contributed by atoms with Gasteiger partial charge in [-0.3, -0.25) is 4.79 Å². The van der Waals surface area contributed by atoms with Gasteiger partial charge >= 0.3 is 0 Å². The third-order valence-corrected chi connectivity index (χ3v) is 2.58. The molecule has 0 amide bonds. The average molecular weight is 225 g/mol. The van der Waals surface area contributed by atoms with E-state index in [2.05, 4.69) is 10.3 Å². The van der Waals surface area contributed by atoms with E-state index in [1.54, 1.807) is 19.4 Å². The molecule has 0 aromatic carbocycles. The second-order valence-electron chi connectivity index (χ2n) is 4.20. The van der Waals surface area contributed by atoms with Gasteiger partial charge in [-0.05, 0) is 12.3 Å². The van der Waals surface area contributed by atoms with Crippen LogP contribution in [-0.4, -0.2) is 27.3 Å². The van der Waals surface area contributed by atoms with E-state index < -0.39 is 0 Å². The van der Waals surface area contributed by atoms with Gasteiger partial charge in [0, 0.05) is 32.1 Å². The number of aliphatic hydroxyl groups excluding tert-OH is 1. The van der Waals surface area contributed by atoms with Gasteiger partial charge in [0.25, 0.3) is 5.56 Å². The lowest BCUT2D eigenvalue weighted by Gasteiger charge is -2.21. The fraction of sp³-hybridized carbons (Fsp3) is 0.636. The number of anilines is 1. The van der Waals surface area contributed by atoms with Crippen LogP contribution in [0.2, 0.25) is 0 Å². The first kappa shape index (κ1) is 12.7. The number of nitrogens with one attached hydrogen (secondary N) is 1. The molecule has 0 aliphatic carbocycles. The quantitative estimate of drug-likeness (QED) is 0.770. The van der Waals surface area contributed by atoms with Gasteiger partial charge in [0.1, 0.15) is 0 Å². The molecule has 5 nitrogen and oxygen atoms in total. The second kappa shape index (κ2) is 5.65.